The number of nitrogens with one attached hydrogen (secondary N) is 1. The lowest BCUT2D eigenvalue weighted by molar-refractivity contribution is 0.165. The summed E-state index contributed by atoms with van der Waals surface area (Å²) in [6, 6.07) is 9.28. The van der Waals surface area contributed by atoms with Gasteiger partial charge in [0.15, 0.2) is 0 Å². The van der Waals surface area contributed by atoms with Gasteiger partial charge in [-0.05, 0) is 69.5 Å². The van der Waals surface area contributed by atoms with Gasteiger partial charge < -0.3 is 15.1 Å². The van der Waals surface area contributed by atoms with E-state index in [4.69, 9.17) is 0 Å². The van der Waals surface area contributed by atoms with Crippen molar-refractivity contribution in [2.45, 2.75) is 39.2 Å². The zero-order valence-corrected chi connectivity index (χ0v) is 14.1. The first-order valence-corrected chi connectivity index (χ1v) is 8.36. The molecule has 1 saturated heterocycles. The standard InChI is InChI=1S/C18H31N3/c1-5-12-21-13-6-7-16(14-21)15(2)19-17-8-10-18(11-9-17)20(3)4/h8-11,15-16,19H,5-7,12-14H2,1-4H3. The van der Waals surface area contributed by atoms with Gasteiger partial charge in [0, 0.05) is 38.1 Å². The molecule has 0 aliphatic carbocycles. The summed E-state index contributed by atoms with van der Waals surface area (Å²) in [6.45, 7) is 8.39. The molecule has 0 aromatic heterocycles. The third-order valence-electron chi connectivity index (χ3n) is 4.57. The Hall–Kier alpha value is -1.22. The number of hydrogen-bond acceptors (Lipinski definition) is 3. The molecule has 1 aliphatic rings. The Kier molecular flexibility index (Phi) is 5.92. The average molecular weight is 289 g/mol. The molecule has 1 heterocycles. The maximum Gasteiger partial charge on any atom is 0.0362 e. The first kappa shape index (κ1) is 16.2. The number of anilines is 2. The highest BCUT2D eigenvalue weighted by atomic mass is 15.1. The van der Waals surface area contributed by atoms with Gasteiger partial charge in [0.05, 0.1) is 0 Å². The Labute approximate surface area is 130 Å². The summed E-state index contributed by atoms with van der Waals surface area (Å²) in [5, 5.41) is 3.70. The zero-order chi connectivity index (χ0) is 15.2. The molecule has 2 rings (SSSR count). The van der Waals surface area contributed by atoms with E-state index in [1.54, 1.807) is 0 Å². The molecule has 1 fully saturated rings. The van der Waals surface area contributed by atoms with Crippen LogP contribution in [-0.2, 0) is 0 Å². The van der Waals surface area contributed by atoms with E-state index < -0.39 is 0 Å². The van der Waals surface area contributed by atoms with Crippen molar-refractivity contribution in [1.29, 1.82) is 0 Å². The molecule has 21 heavy (non-hydrogen) atoms. The van der Waals surface area contributed by atoms with Crippen LogP contribution in [0.25, 0.3) is 0 Å². The van der Waals surface area contributed by atoms with Crippen LogP contribution in [0.4, 0.5) is 11.4 Å². The van der Waals surface area contributed by atoms with E-state index >= 15 is 0 Å². The van der Waals surface area contributed by atoms with Crippen molar-refractivity contribution in [3.05, 3.63) is 24.3 Å². The molecule has 118 valence electrons. The number of benzene rings is 1. The van der Waals surface area contributed by atoms with E-state index in [9.17, 15) is 0 Å². The summed E-state index contributed by atoms with van der Waals surface area (Å²) in [6.07, 6.45) is 3.96. The summed E-state index contributed by atoms with van der Waals surface area (Å²) in [4.78, 5) is 4.76. The fourth-order valence-corrected chi connectivity index (χ4v) is 3.26. The monoisotopic (exact) mass is 289 g/mol. The third kappa shape index (κ3) is 4.63. The van der Waals surface area contributed by atoms with Crippen molar-refractivity contribution in [3.63, 3.8) is 0 Å². The normalized spacial score (nSPS) is 21.0. The minimum atomic E-state index is 0.537. The summed E-state index contributed by atoms with van der Waals surface area (Å²) in [5.74, 6) is 0.763. The molecule has 3 nitrogen and oxygen atoms in total. The second-order valence-electron chi connectivity index (χ2n) is 6.58. The average Bonchev–Trinajstić information content (AvgIpc) is 2.48. The van der Waals surface area contributed by atoms with Gasteiger partial charge in [-0.25, -0.2) is 0 Å². The smallest absolute Gasteiger partial charge is 0.0362 e. The second-order valence-corrected chi connectivity index (χ2v) is 6.58. The first-order chi connectivity index (χ1) is 10.1. The van der Waals surface area contributed by atoms with Gasteiger partial charge in [-0.15, -0.1) is 0 Å². The summed E-state index contributed by atoms with van der Waals surface area (Å²) in [7, 11) is 4.16. The molecule has 0 spiro atoms. The van der Waals surface area contributed by atoms with Gasteiger partial charge in [-0.3, -0.25) is 0 Å². The predicted octanol–water partition coefficient (Wildman–Crippen LogP) is 3.68. The largest absolute Gasteiger partial charge is 0.382 e. The lowest BCUT2D eigenvalue weighted by atomic mass is 9.91. The van der Waals surface area contributed by atoms with E-state index in [2.05, 4.69) is 67.3 Å². The molecule has 0 radical (unpaired) electrons. The van der Waals surface area contributed by atoms with Crippen LogP contribution in [0.15, 0.2) is 24.3 Å². The lowest BCUT2D eigenvalue weighted by Crippen LogP contribution is -2.42. The molecule has 1 aliphatic heterocycles. The molecule has 0 saturated carbocycles. The summed E-state index contributed by atoms with van der Waals surface area (Å²) in [5.41, 5.74) is 2.49. The molecular formula is C18H31N3. The maximum atomic E-state index is 3.70. The molecule has 1 aromatic rings. The zero-order valence-electron chi connectivity index (χ0n) is 14.1. The van der Waals surface area contributed by atoms with Crippen LogP contribution in [0.5, 0.6) is 0 Å². The molecule has 1 N–H and O–H groups in total. The maximum absolute atomic E-state index is 3.70. The number of nitrogens with zero attached hydrogens (tertiary/aromatic N) is 2. The topological polar surface area (TPSA) is 18.5 Å². The minimum Gasteiger partial charge on any atom is -0.382 e. The SMILES string of the molecule is CCCN1CCCC(C(C)Nc2ccc(N(C)C)cc2)C1. The van der Waals surface area contributed by atoms with Crippen LogP contribution in [0, 0.1) is 5.92 Å². The molecule has 0 bridgehead atoms. The molecule has 1 aromatic carbocycles. The van der Waals surface area contributed by atoms with Gasteiger partial charge in [0.1, 0.15) is 0 Å². The van der Waals surface area contributed by atoms with Crippen molar-refractivity contribution in [3.8, 4) is 0 Å². The third-order valence-corrected chi connectivity index (χ3v) is 4.57. The first-order valence-electron chi connectivity index (χ1n) is 8.36. The van der Waals surface area contributed by atoms with E-state index in [0.29, 0.717) is 6.04 Å². The van der Waals surface area contributed by atoms with Crippen LogP contribution < -0.4 is 10.2 Å². The Morgan fingerprint density at radius 3 is 2.62 bits per heavy atom. The van der Waals surface area contributed by atoms with E-state index in [1.807, 2.05) is 0 Å². The highest BCUT2D eigenvalue weighted by Crippen LogP contribution is 2.23. The van der Waals surface area contributed by atoms with E-state index in [0.717, 1.165) is 5.92 Å². The van der Waals surface area contributed by atoms with Crippen LogP contribution in [0.2, 0.25) is 0 Å². The van der Waals surface area contributed by atoms with Crippen molar-refractivity contribution >= 4 is 11.4 Å². The fraction of sp³-hybridized carbons (Fsp3) is 0.667. The number of hydrogen-bond donors (Lipinski definition) is 1. The molecule has 3 heteroatoms. The Balaban J connectivity index is 1.89. The van der Waals surface area contributed by atoms with Crippen molar-refractivity contribution in [1.82, 2.24) is 4.90 Å². The highest BCUT2D eigenvalue weighted by molar-refractivity contribution is 5.54. The van der Waals surface area contributed by atoms with Crippen molar-refractivity contribution < 1.29 is 0 Å². The predicted molar refractivity (Wildman–Crippen MR) is 93.3 cm³/mol. The van der Waals surface area contributed by atoms with Gasteiger partial charge in [0.2, 0.25) is 0 Å². The molecular weight excluding hydrogens is 258 g/mol. The quantitative estimate of drug-likeness (QED) is 0.862. The van der Waals surface area contributed by atoms with Crippen LogP contribution >= 0.6 is 0 Å². The summed E-state index contributed by atoms with van der Waals surface area (Å²) >= 11 is 0. The second kappa shape index (κ2) is 7.69. The number of likely N-dealkylation sites (tertiary alicyclic amines) is 1. The van der Waals surface area contributed by atoms with E-state index in [-0.39, 0.29) is 0 Å². The van der Waals surface area contributed by atoms with Gasteiger partial charge in [0.25, 0.3) is 0 Å². The minimum absolute atomic E-state index is 0.537. The van der Waals surface area contributed by atoms with Gasteiger partial charge in [-0.2, -0.15) is 0 Å². The van der Waals surface area contributed by atoms with Crippen molar-refractivity contribution in [2.24, 2.45) is 5.92 Å². The molecule has 0 amide bonds. The van der Waals surface area contributed by atoms with Crippen LogP contribution in [-0.4, -0.2) is 44.7 Å². The Bertz CT molecular complexity index is 411. The lowest BCUT2D eigenvalue weighted by Gasteiger charge is -2.36. The van der Waals surface area contributed by atoms with Gasteiger partial charge in [-0.1, -0.05) is 6.92 Å². The Morgan fingerprint density at radius 2 is 2.00 bits per heavy atom. The molecule has 2 unspecified atom stereocenters. The van der Waals surface area contributed by atoms with Crippen LogP contribution in [0.1, 0.15) is 33.1 Å². The fourth-order valence-electron chi connectivity index (χ4n) is 3.26. The Morgan fingerprint density at radius 1 is 1.29 bits per heavy atom. The van der Waals surface area contributed by atoms with Crippen molar-refractivity contribution in [2.75, 3.05) is 43.9 Å². The number of piperidine rings is 1. The molecule has 2 atom stereocenters. The van der Waals surface area contributed by atoms with Gasteiger partial charge >= 0.3 is 0 Å². The summed E-state index contributed by atoms with van der Waals surface area (Å²) < 4.78 is 0. The van der Waals surface area contributed by atoms with E-state index in [1.165, 1.54) is 50.3 Å². The highest BCUT2D eigenvalue weighted by Gasteiger charge is 2.24. The van der Waals surface area contributed by atoms with Crippen LogP contribution in [0.3, 0.4) is 0 Å². The number of rotatable bonds is 6.